The third-order valence-electron chi connectivity index (χ3n) is 7.77. The van der Waals surface area contributed by atoms with E-state index >= 15 is 0 Å². The molecule has 0 saturated heterocycles. The van der Waals surface area contributed by atoms with Gasteiger partial charge in [-0.15, -0.1) is 0 Å². The molecule has 0 aliphatic heterocycles. The van der Waals surface area contributed by atoms with Crippen molar-refractivity contribution in [1.29, 1.82) is 0 Å². The molecule has 0 aliphatic rings. The van der Waals surface area contributed by atoms with Crippen molar-refractivity contribution in [2.24, 2.45) is 5.73 Å². The number of amides is 1. The van der Waals surface area contributed by atoms with Gasteiger partial charge in [-0.25, -0.2) is 4.79 Å². The van der Waals surface area contributed by atoms with E-state index in [4.69, 9.17) is 10.5 Å². The number of hydrogen-bond donors (Lipinski definition) is 3. The summed E-state index contributed by atoms with van der Waals surface area (Å²) in [5.74, 6) is -1.29. The van der Waals surface area contributed by atoms with Gasteiger partial charge < -0.3 is 20.9 Å². The molecule has 0 aromatic carbocycles. The van der Waals surface area contributed by atoms with Gasteiger partial charge in [0.05, 0.1) is 0 Å². The number of allylic oxidation sites excluding steroid dienone is 4. The Bertz CT molecular complexity index is 737. The first-order valence-corrected chi connectivity index (χ1v) is 17.7. The number of carbonyl (C=O) groups excluding carboxylic acids is 2. The van der Waals surface area contributed by atoms with Crippen LogP contribution in [0.25, 0.3) is 0 Å². The number of hydrogen-bond acceptors (Lipinski definition) is 5. The Morgan fingerprint density at radius 3 is 1.86 bits per heavy atom. The van der Waals surface area contributed by atoms with Crippen LogP contribution in [-0.2, 0) is 19.1 Å². The largest absolute Gasteiger partial charge is 0.480 e. The average Bonchev–Trinajstić information content (AvgIpc) is 2.98. The van der Waals surface area contributed by atoms with E-state index in [1.54, 1.807) is 0 Å². The zero-order chi connectivity index (χ0) is 31.8. The molecule has 43 heavy (non-hydrogen) atoms. The third kappa shape index (κ3) is 28.4. The van der Waals surface area contributed by atoms with Crippen molar-refractivity contribution in [3.63, 3.8) is 0 Å². The number of ether oxygens (including phenoxy) is 1. The lowest BCUT2D eigenvalue weighted by molar-refractivity contribution is -0.150. The van der Waals surface area contributed by atoms with Crippen LogP contribution in [0.2, 0.25) is 0 Å². The number of carboxylic acid groups (broad SMARTS) is 1. The maximum Gasteiger partial charge on any atom is 0.326 e. The van der Waals surface area contributed by atoms with E-state index in [2.05, 4.69) is 43.5 Å². The molecule has 2 unspecified atom stereocenters. The van der Waals surface area contributed by atoms with Crippen LogP contribution < -0.4 is 11.1 Å². The number of aliphatic carboxylic acids is 1. The molecular weight excluding hydrogens is 540 g/mol. The molecule has 7 heteroatoms. The Balaban J connectivity index is 4.11. The third-order valence-corrected chi connectivity index (χ3v) is 7.77. The van der Waals surface area contributed by atoms with Crippen LogP contribution in [-0.4, -0.2) is 41.6 Å². The Labute approximate surface area is 263 Å². The Morgan fingerprint density at radius 2 is 1.23 bits per heavy atom. The quantitative estimate of drug-likeness (QED) is 0.0412. The van der Waals surface area contributed by atoms with Crippen molar-refractivity contribution < 1.29 is 24.2 Å². The number of carbonyl (C=O) groups is 3. The topological polar surface area (TPSA) is 119 Å². The SMILES string of the molecule is CCCC/C=C\C/C=C\CCCCCCCC(=O)OC(CCCCCC)CCCCCCC(=O)NC(CCCN)C(=O)O. The first kappa shape index (κ1) is 40.9. The molecule has 0 heterocycles. The van der Waals surface area contributed by atoms with Crippen LogP contribution in [0.5, 0.6) is 0 Å². The number of nitrogens with two attached hydrogens (primary N) is 1. The summed E-state index contributed by atoms with van der Waals surface area (Å²) in [6, 6.07) is -0.862. The molecule has 0 bridgehead atoms. The van der Waals surface area contributed by atoms with Crippen molar-refractivity contribution in [3.8, 4) is 0 Å². The zero-order valence-corrected chi connectivity index (χ0v) is 27.8. The highest BCUT2D eigenvalue weighted by Gasteiger charge is 2.19. The zero-order valence-electron chi connectivity index (χ0n) is 27.8. The van der Waals surface area contributed by atoms with Gasteiger partial charge in [-0.3, -0.25) is 9.59 Å². The van der Waals surface area contributed by atoms with E-state index < -0.39 is 12.0 Å². The van der Waals surface area contributed by atoms with E-state index in [-0.39, 0.29) is 18.0 Å². The summed E-state index contributed by atoms with van der Waals surface area (Å²) in [6.45, 7) is 4.83. The fraction of sp³-hybridized carbons (Fsp3) is 0.806. The van der Waals surface area contributed by atoms with Crippen LogP contribution in [0.15, 0.2) is 24.3 Å². The molecular formula is C36H66N2O5. The van der Waals surface area contributed by atoms with Gasteiger partial charge >= 0.3 is 11.9 Å². The van der Waals surface area contributed by atoms with Crippen LogP contribution in [0.4, 0.5) is 0 Å². The fourth-order valence-corrected chi connectivity index (χ4v) is 5.05. The van der Waals surface area contributed by atoms with Crippen molar-refractivity contribution in [2.45, 2.75) is 180 Å². The highest BCUT2D eigenvalue weighted by molar-refractivity contribution is 5.83. The molecule has 7 nitrogen and oxygen atoms in total. The maximum atomic E-state index is 12.5. The number of unbranched alkanes of at least 4 members (excludes halogenated alkanes) is 13. The summed E-state index contributed by atoms with van der Waals surface area (Å²) in [5, 5.41) is 11.9. The summed E-state index contributed by atoms with van der Waals surface area (Å²) in [7, 11) is 0. The predicted molar refractivity (Wildman–Crippen MR) is 179 cm³/mol. The molecule has 0 aromatic rings. The van der Waals surface area contributed by atoms with Crippen molar-refractivity contribution in [3.05, 3.63) is 24.3 Å². The molecule has 2 atom stereocenters. The lowest BCUT2D eigenvalue weighted by atomic mass is 10.0. The molecule has 0 spiro atoms. The van der Waals surface area contributed by atoms with Gasteiger partial charge in [0.1, 0.15) is 12.1 Å². The molecule has 0 rings (SSSR count). The van der Waals surface area contributed by atoms with Crippen molar-refractivity contribution in [1.82, 2.24) is 5.32 Å². The molecule has 0 radical (unpaired) electrons. The summed E-state index contributed by atoms with van der Waals surface area (Å²) in [4.78, 5) is 36.0. The fourth-order valence-electron chi connectivity index (χ4n) is 5.05. The Hall–Kier alpha value is -2.15. The van der Waals surface area contributed by atoms with Crippen molar-refractivity contribution >= 4 is 17.8 Å². The second-order valence-electron chi connectivity index (χ2n) is 11.9. The van der Waals surface area contributed by atoms with Gasteiger partial charge in [-0.2, -0.15) is 0 Å². The number of nitrogens with one attached hydrogen (secondary N) is 1. The summed E-state index contributed by atoms with van der Waals surface area (Å²) >= 11 is 0. The van der Waals surface area contributed by atoms with E-state index in [9.17, 15) is 19.5 Å². The first-order valence-electron chi connectivity index (χ1n) is 17.7. The maximum absolute atomic E-state index is 12.5. The smallest absolute Gasteiger partial charge is 0.326 e. The predicted octanol–water partition coefficient (Wildman–Crippen LogP) is 8.94. The van der Waals surface area contributed by atoms with Gasteiger partial charge in [-0.1, -0.05) is 102 Å². The highest BCUT2D eigenvalue weighted by Crippen LogP contribution is 2.18. The van der Waals surface area contributed by atoms with E-state index in [1.807, 2.05) is 0 Å². The number of carboxylic acids is 1. The number of esters is 1. The molecule has 0 aliphatic carbocycles. The van der Waals surface area contributed by atoms with Crippen LogP contribution in [0, 0.1) is 0 Å². The standard InChI is InChI=1S/C36H66N2O5/c1-3-5-7-9-10-11-12-13-14-15-16-17-18-24-30-35(40)43-32(26-21-8-6-4-2)27-22-19-20-23-29-34(39)38-33(36(41)42)28-25-31-37/h9-10,12-13,32-33H,3-8,11,14-31,37H2,1-2H3,(H,38,39)(H,41,42)/b10-9-,13-12-. The average molecular weight is 607 g/mol. The minimum absolute atomic E-state index is 0.0141. The van der Waals surface area contributed by atoms with Gasteiger partial charge in [0.15, 0.2) is 0 Å². The Kier molecular flexibility index (Phi) is 29.7. The van der Waals surface area contributed by atoms with Gasteiger partial charge in [0.2, 0.25) is 5.91 Å². The summed E-state index contributed by atoms with van der Waals surface area (Å²) in [6.07, 6.45) is 32.3. The van der Waals surface area contributed by atoms with Crippen molar-refractivity contribution in [2.75, 3.05) is 6.54 Å². The Morgan fingerprint density at radius 1 is 0.674 bits per heavy atom. The second kappa shape index (κ2) is 31.3. The van der Waals surface area contributed by atoms with Crippen LogP contribution in [0.1, 0.15) is 168 Å². The van der Waals surface area contributed by atoms with Crippen LogP contribution in [0.3, 0.4) is 0 Å². The lowest BCUT2D eigenvalue weighted by Gasteiger charge is -2.18. The molecule has 0 fully saturated rings. The lowest BCUT2D eigenvalue weighted by Crippen LogP contribution is -2.40. The molecule has 250 valence electrons. The molecule has 0 aromatic heterocycles. The summed E-state index contributed by atoms with van der Waals surface area (Å²) < 4.78 is 5.91. The van der Waals surface area contributed by atoms with E-state index in [0.717, 1.165) is 70.6 Å². The molecule has 4 N–H and O–H groups in total. The second-order valence-corrected chi connectivity index (χ2v) is 11.9. The van der Waals surface area contributed by atoms with E-state index in [1.165, 1.54) is 57.8 Å². The highest BCUT2D eigenvalue weighted by atomic mass is 16.5. The minimum atomic E-state index is -1.01. The van der Waals surface area contributed by atoms with E-state index in [0.29, 0.717) is 32.2 Å². The molecule has 1 amide bonds. The monoisotopic (exact) mass is 606 g/mol. The van der Waals surface area contributed by atoms with Crippen LogP contribution >= 0.6 is 0 Å². The minimum Gasteiger partial charge on any atom is -0.480 e. The van der Waals surface area contributed by atoms with Gasteiger partial charge in [0, 0.05) is 12.8 Å². The normalized spacial score (nSPS) is 13.0. The number of rotatable bonds is 31. The van der Waals surface area contributed by atoms with Gasteiger partial charge in [-0.05, 0) is 83.6 Å². The molecule has 0 saturated carbocycles. The summed E-state index contributed by atoms with van der Waals surface area (Å²) in [5.41, 5.74) is 5.45. The van der Waals surface area contributed by atoms with Gasteiger partial charge in [0.25, 0.3) is 0 Å². The first-order chi connectivity index (χ1) is 20.9.